The van der Waals surface area contributed by atoms with Crippen molar-refractivity contribution >= 4 is 0 Å². The van der Waals surface area contributed by atoms with Gasteiger partial charge in [0, 0.05) is 6.04 Å². The number of rotatable bonds is 2. The van der Waals surface area contributed by atoms with E-state index in [1.807, 2.05) is 0 Å². The molecule has 1 saturated carbocycles. The van der Waals surface area contributed by atoms with Crippen molar-refractivity contribution in [2.45, 2.75) is 64.8 Å². The Bertz CT molecular complexity index is 154. The molecule has 0 amide bonds. The van der Waals surface area contributed by atoms with Crippen LogP contribution in [0.15, 0.2) is 0 Å². The van der Waals surface area contributed by atoms with Crippen LogP contribution < -0.4 is 5.32 Å². The summed E-state index contributed by atoms with van der Waals surface area (Å²) >= 11 is 0. The first kappa shape index (κ1) is 11.4. The van der Waals surface area contributed by atoms with Crippen LogP contribution in [-0.4, -0.2) is 12.6 Å². The van der Waals surface area contributed by atoms with Crippen LogP contribution in [0.25, 0.3) is 0 Å². The molecule has 15 heavy (non-hydrogen) atoms. The molecule has 1 heteroatoms. The first-order valence-electron chi connectivity index (χ1n) is 6.97. The van der Waals surface area contributed by atoms with Gasteiger partial charge in [-0.25, -0.2) is 0 Å². The molecule has 88 valence electrons. The molecule has 1 aliphatic carbocycles. The van der Waals surface area contributed by atoms with E-state index in [2.05, 4.69) is 19.2 Å². The number of hydrogen-bond donors (Lipinski definition) is 1. The summed E-state index contributed by atoms with van der Waals surface area (Å²) in [6.07, 6.45) is 10.3. The molecule has 1 heterocycles. The highest BCUT2D eigenvalue weighted by atomic mass is 14.9. The Morgan fingerprint density at radius 1 is 0.867 bits per heavy atom. The Morgan fingerprint density at radius 2 is 1.53 bits per heavy atom. The number of piperidine rings is 1. The second-order valence-corrected chi connectivity index (χ2v) is 6.15. The van der Waals surface area contributed by atoms with Crippen molar-refractivity contribution in [3.8, 4) is 0 Å². The lowest BCUT2D eigenvalue weighted by molar-refractivity contribution is 0.225. The highest BCUT2D eigenvalue weighted by Crippen LogP contribution is 2.32. The van der Waals surface area contributed by atoms with Gasteiger partial charge in [0.2, 0.25) is 0 Å². The lowest BCUT2D eigenvalue weighted by atomic mass is 9.78. The van der Waals surface area contributed by atoms with Crippen molar-refractivity contribution in [3.63, 3.8) is 0 Å². The fraction of sp³-hybridized carbons (Fsp3) is 1.00. The Balaban J connectivity index is 1.68. The first-order chi connectivity index (χ1) is 7.24. The smallest absolute Gasteiger partial charge is 0.00699 e. The third-order valence-corrected chi connectivity index (χ3v) is 4.52. The SMILES string of the molecule is CC1CCC(CC2CCC(C)CN2)CC1. The molecule has 2 rings (SSSR count). The Morgan fingerprint density at radius 3 is 2.13 bits per heavy atom. The molecule has 1 N–H and O–H groups in total. The van der Waals surface area contributed by atoms with Gasteiger partial charge in [0.25, 0.3) is 0 Å². The van der Waals surface area contributed by atoms with Gasteiger partial charge in [-0.2, -0.15) is 0 Å². The molecule has 1 saturated heterocycles. The topological polar surface area (TPSA) is 12.0 Å². The molecule has 0 aromatic carbocycles. The maximum Gasteiger partial charge on any atom is 0.00699 e. The quantitative estimate of drug-likeness (QED) is 0.733. The van der Waals surface area contributed by atoms with Crippen LogP contribution >= 0.6 is 0 Å². The van der Waals surface area contributed by atoms with Crippen molar-refractivity contribution in [1.82, 2.24) is 5.32 Å². The largest absolute Gasteiger partial charge is 0.314 e. The second kappa shape index (κ2) is 5.34. The minimum absolute atomic E-state index is 0.847. The molecule has 2 fully saturated rings. The van der Waals surface area contributed by atoms with Gasteiger partial charge in [-0.1, -0.05) is 39.5 Å². The first-order valence-corrected chi connectivity index (χ1v) is 6.97. The fourth-order valence-corrected chi connectivity index (χ4v) is 3.23. The Kier molecular flexibility index (Phi) is 4.07. The Hall–Kier alpha value is -0.0400. The predicted molar refractivity (Wildman–Crippen MR) is 65.9 cm³/mol. The van der Waals surface area contributed by atoms with Crippen LogP contribution in [-0.2, 0) is 0 Å². The van der Waals surface area contributed by atoms with E-state index in [0.717, 1.165) is 23.8 Å². The third kappa shape index (κ3) is 3.48. The van der Waals surface area contributed by atoms with Gasteiger partial charge in [-0.3, -0.25) is 0 Å². The zero-order valence-electron chi connectivity index (χ0n) is 10.5. The summed E-state index contributed by atoms with van der Waals surface area (Å²) in [4.78, 5) is 0. The fourth-order valence-electron chi connectivity index (χ4n) is 3.23. The molecule has 0 bridgehead atoms. The van der Waals surface area contributed by atoms with E-state index >= 15 is 0 Å². The summed E-state index contributed by atoms with van der Waals surface area (Å²) in [6.45, 7) is 6.04. The molecular weight excluding hydrogens is 182 g/mol. The second-order valence-electron chi connectivity index (χ2n) is 6.15. The van der Waals surface area contributed by atoms with Crippen molar-refractivity contribution in [2.24, 2.45) is 17.8 Å². The lowest BCUT2D eigenvalue weighted by Crippen LogP contribution is -2.39. The molecule has 2 aliphatic rings. The number of hydrogen-bond acceptors (Lipinski definition) is 1. The van der Waals surface area contributed by atoms with Crippen molar-refractivity contribution in [1.29, 1.82) is 0 Å². The molecule has 1 aliphatic heterocycles. The van der Waals surface area contributed by atoms with E-state index in [9.17, 15) is 0 Å². The predicted octanol–water partition coefficient (Wildman–Crippen LogP) is 3.59. The van der Waals surface area contributed by atoms with Gasteiger partial charge in [-0.15, -0.1) is 0 Å². The summed E-state index contributed by atoms with van der Waals surface area (Å²) in [7, 11) is 0. The number of nitrogens with one attached hydrogen (secondary N) is 1. The van der Waals surface area contributed by atoms with Crippen molar-refractivity contribution in [3.05, 3.63) is 0 Å². The van der Waals surface area contributed by atoms with Gasteiger partial charge in [0.05, 0.1) is 0 Å². The average molecular weight is 209 g/mol. The van der Waals surface area contributed by atoms with E-state index in [-0.39, 0.29) is 0 Å². The zero-order chi connectivity index (χ0) is 10.7. The highest BCUT2D eigenvalue weighted by Gasteiger charge is 2.24. The molecule has 0 radical (unpaired) electrons. The average Bonchev–Trinajstić information content (AvgIpc) is 2.25. The monoisotopic (exact) mass is 209 g/mol. The summed E-state index contributed by atoms with van der Waals surface area (Å²) in [6, 6.07) is 0.847. The molecular formula is C14H27N. The highest BCUT2D eigenvalue weighted by molar-refractivity contribution is 4.80. The minimum atomic E-state index is 0.847. The van der Waals surface area contributed by atoms with Crippen LogP contribution in [0.3, 0.4) is 0 Å². The van der Waals surface area contributed by atoms with Crippen molar-refractivity contribution in [2.75, 3.05) is 6.54 Å². The van der Waals surface area contributed by atoms with Gasteiger partial charge in [0.1, 0.15) is 0 Å². The maximum absolute atomic E-state index is 3.73. The molecule has 1 nitrogen and oxygen atoms in total. The maximum atomic E-state index is 3.73. The summed E-state index contributed by atoms with van der Waals surface area (Å²) in [5.41, 5.74) is 0. The molecule has 2 atom stereocenters. The standard InChI is InChI=1S/C14H27N/c1-11-3-6-13(7-4-11)9-14-8-5-12(2)10-15-14/h11-15H,3-10H2,1-2H3. The summed E-state index contributed by atoms with van der Waals surface area (Å²) in [5, 5.41) is 3.73. The van der Waals surface area contributed by atoms with E-state index in [4.69, 9.17) is 0 Å². The van der Waals surface area contributed by atoms with Crippen molar-refractivity contribution < 1.29 is 0 Å². The molecule has 2 unspecified atom stereocenters. The van der Waals surface area contributed by atoms with Crippen LogP contribution in [0, 0.1) is 17.8 Å². The van der Waals surface area contributed by atoms with Crippen LogP contribution in [0.5, 0.6) is 0 Å². The van der Waals surface area contributed by atoms with E-state index in [1.54, 1.807) is 0 Å². The minimum Gasteiger partial charge on any atom is -0.314 e. The van der Waals surface area contributed by atoms with Gasteiger partial charge >= 0.3 is 0 Å². The van der Waals surface area contributed by atoms with Crippen LogP contribution in [0.2, 0.25) is 0 Å². The zero-order valence-corrected chi connectivity index (χ0v) is 10.5. The Labute approximate surface area is 95.0 Å². The van der Waals surface area contributed by atoms with E-state index in [0.29, 0.717) is 0 Å². The molecule has 0 aromatic heterocycles. The van der Waals surface area contributed by atoms with E-state index < -0.39 is 0 Å². The van der Waals surface area contributed by atoms with Gasteiger partial charge in [0.15, 0.2) is 0 Å². The van der Waals surface area contributed by atoms with Gasteiger partial charge < -0.3 is 5.32 Å². The molecule has 0 spiro atoms. The lowest BCUT2D eigenvalue weighted by Gasteiger charge is -2.33. The van der Waals surface area contributed by atoms with Gasteiger partial charge in [-0.05, 0) is 43.6 Å². The van der Waals surface area contributed by atoms with E-state index in [1.165, 1.54) is 51.5 Å². The molecule has 0 aromatic rings. The summed E-state index contributed by atoms with van der Waals surface area (Å²) in [5.74, 6) is 2.94. The van der Waals surface area contributed by atoms with Crippen LogP contribution in [0.1, 0.15) is 58.8 Å². The third-order valence-electron chi connectivity index (χ3n) is 4.52. The summed E-state index contributed by atoms with van der Waals surface area (Å²) < 4.78 is 0. The normalized spacial score (nSPS) is 42.8. The van der Waals surface area contributed by atoms with Crippen LogP contribution in [0.4, 0.5) is 0 Å².